The normalized spacial score (nSPS) is 22.3. The SMILES string of the molecule is O=C(c1nn(C2CCCCC2)c2c1CS(O)(O)c1cc(Br)ccc1-2)N1CCOCC1. The molecule has 2 fully saturated rings. The van der Waals surface area contributed by atoms with Gasteiger partial charge in [-0.25, -0.2) is 0 Å². The lowest BCUT2D eigenvalue weighted by atomic mass is 9.95. The quantitative estimate of drug-likeness (QED) is 0.617. The number of ether oxygens (including phenoxy) is 1. The number of carbonyl (C=O) groups excluding carboxylic acids is 1. The molecule has 2 aliphatic heterocycles. The van der Waals surface area contributed by atoms with Gasteiger partial charge < -0.3 is 9.64 Å². The van der Waals surface area contributed by atoms with E-state index in [1.807, 2.05) is 16.8 Å². The number of rotatable bonds is 2. The molecule has 3 aliphatic rings. The molecule has 30 heavy (non-hydrogen) atoms. The first-order valence-electron chi connectivity index (χ1n) is 10.5. The summed E-state index contributed by atoms with van der Waals surface area (Å²) in [6.45, 7) is 2.10. The van der Waals surface area contributed by atoms with Gasteiger partial charge in [0.25, 0.3) is 5.91 Å². The van der Waals surface area contributed by atoms with Crippen LogP contribution >= 0.6 is 26.5 Å². The number of benzene rings is 1. The van der Waals surface area contributed by atoms with E-state index in [9.17, 15) is 13.9 Å². The Balaban J connectivity index is 1.67. The highest BCUT2D eigenvalue weighted by atomic mass is 79.9. The zero-order valence-electron chi connectivity index (χ0n) is 16.7. The van der Waals surface area contributed by atoms with E-state index in [0.717, 1.165) is 41.4 Å². The van der Waals surface area contributed by atoms with Gasteiger partial charge >= 0.3 is 0 Å². The van der Waals surface area contributed by atoms with Crippen LogP contribution < -0.4 is 0 Å². The molecule has 1 saturated heterocycles. The highest BCUT2D eigenvalue weighted by molar-refractivity contribution is 9.10. The maximum atomic E-state index is 13.4. The van der Waals surface area contributed by atoms with E-state index in [2.05, 4.69) is 15.9 Å². The molecular formula is C21H26BrN3O4S. The van der Waals surface area contributed by atoms with Crippen LogP contribution in [-0.2, 0) is 10.5 Å². The van der Waals surface area contributed by atoms with Gasteiger partial charge in [-0.2, -0.15) is 15.7 Å². The second-order valence-corrected chi connectivity index (χ2v) is 11.2. The highest BCUT2D eigenvalue weighted by Gasteiger charge is 2.38. The van der Waals surface area contributed by atoms with Crippen LogP contribution in [-0.4, -0.2) is 56.0 Å². The maximum Gasteiger partial charge on any atom is 0.274 e. The van der Waals surface area contributed by atoms with Gasteiger partial charge in [-0.15, -0.1) is 0 Å². The molecule has 1 saturated carbocycles. The average molecular weight is 496 g/mol. The summed E-state index contributed by atoms with van der Waals surface area (Å²) in [4.78, 5) is 15.7. The van der Waals surface area contributed by atoms with Gasteiger partial charge in [-0.3, -0.25) is 18.6 Å². The number of aromatic nitrogens is 2. The molecule has 2 aromatic rings. The zero-order chi connectivity index (χ0) is 20.9. The first-order chi connectivity index (χ1) is 14.5. The van der Waals surface area contributed by atoms with Gasteiger partial charge in [0.1, 0.15) is 0 Å². The van der Waals surface area contributed by atoms with Crippen molar-refractivity contribution in [2.24, 2.45) is 0 Å². The third-order valence-electron chi connectivity index (χ3n) is 6.33. The third-order valence-corrected chi connectivity index (χ3v) is 8.55. The van der Waals surface area contributed by atoms with Crippen LogP contribution in [0, 0.1) is 0 Å². The van der Waals surface area contributed by atoms with Crippen molar-refractivity contribution >= 4 is 32.4 Å². The topological polar surface area (TPSA) is 87.8 Å². The van der Waals surface area contributed by atoms with Crippen molar-refractivity contribution in [1.82, 2.24) is 14.7 Å². The fourth-order valence-electron chi connectivity index (χ4n) is 4.81. The van der Waals surface area contributed by atoms with Crippen molar-refractivity contribution in [3.05, 3.63) is 33.9 Å². The van der Waals surface area contributed by atoms with Crippen LogP contribution in [0.25, 0.3) is 11.3 Å². The maximum absolute atomic E-state index is 13.4. The molecule has 5 rings (SSSR count). The minimum absolute atomic E-state index is 0.0317. The number of morpholine rings is 1. The number of hydrogen-bond acceptors (Lipinski definition) is 5. The predicted molar refractivity (Wildman–Crippen MR) is 119 cm³/mol. The van der Waals surface area contributed by atoms with Crippen molar-refractivity contribution in [2.75, 3.05) is 26.3 Å². The molecule has 0 bridgehead atoms. The van der Waals surface area contributed by atoms with Gasteiger partial charge in [0, 0.05) is 28.7 Å². The van der Waals surface area contributed by atoms with Crippen molar-refractivity contribution in [1.29, 1.82) is 0 Å². The zero-order valence-corrected chi connectivity index (χ0v) is 19.1. The Bertz CT molecular complexity index is 981. The molecule has 1 aromatic carbocycles. The Morgan fingerprint density at radius 3 is 2.63 bits per heavy atom. The Labute approximate surface area is 185 Å². The number of amides is 1. The fourth-order valence-corrected chi connectivity index (χ4v) is 6.99. The molecular weight excluding hydrogens is 470 g/mol. The summed E-state index contributed by atoms with van der Waals surface area (Å²) in [5.41, 5.74) is 2.70. The summed E-state index contributed by atoms with van der Waals surface area (Å²) in [5.74, 6) is -0.107. The van der Waals surface area contributed by atoms with Gasteiger partial charge in [0.15, 0.2) is 5.69 Å². The molecule has 0 radical (unpaired) electrons. The van der Waals surface area contributed by atoms with Gasteiger partial charge in [-0.05, 0) is 31.0 Å². The van der Waals surface area contributed by atoms with E-state index in [4.69, 9.17) is 9.84 Å². The monoisotopic (exact) mass is 495 g/mol. The standard InChI is InChI=1S/C21H26BrN3O4S/c22-14-6-7-16-18(12-14)30(27,28)13-17-19(21(26)24-8-10-29-11-9-24)23-25(20(16)17)15-4-2-1-3-5-15/h6-7,12,15,27-28H,1-5,8-11,13H2. The summed E-state index contributed by atoms with van der Waals surface area (Å²) in [6, 6.07) is 5.84. The molecule has 1 aromatic heterocycles. The average Bonchev–Trinajstić information content (AvgIpc) is 3.13. The minimum atomic E-state index is -3.06. The first-order valence-corrected chi connectivity index (χ1v) is 13.0. The van der Waals surface area contributed by atoms with Crippen LogP contribution in [0.2, 0.25) is 0 Å². The first kappa shape index (κ1) is 20.5. The number of nitrogens with zero attached hydrogens (tertiary/aromatic N) is 3. The number of carbonyl (C=O) groups is 1. The van der Waals surface area contributed by atoms with E-state index in [1.54, 1.807) is 11.0 Å². The Hall–Kier alpha value is -1.39. The third kappa shape index (κ3) is 3.50. The second kappa shape index (κ2) is 7.94. The molecule has 0 spiro atoms. The van der Waals surface area contributed by atoms with Crippen LogP contribution in [0.15, 0.2) is 27.6 Å². The van der Waals surface area contributed by atoms with Crippen LogP contribution in [0.5, 0.6) is 0 Å². The van der Waals surface area contributed by atoms with E-state index in [-0.39, 0.29) is 17.7 Å². The van der Waals surface area contributed by atoms with Crippen LogP contribution in [0.3, 0.4) is 0 Å². The number of fused-ring (bicyclic) bond motifs is 3. The van der Waals surface area contributed by atoms with Gasteiger partial charge in [0.2, 0.25) is 0 Å². The predicted octanol–water partition coefficient (Wildman–Crippen LogP) is 4.91. The lowest BCUT2D eigenvalue weighted by molar-refractivity contribution is 0.0297. The highest BCUT2D eigenvalue weighted by Crippen LogP contribution is 2.60. The summed E-state index contributed by atoms with van der Waals surface area (Å²) in [7, 11) is -3.06. The molecule has 7 nitrogen and oxygen atoms in total. The summed E-state index contributed by atoms with van der Waals surface area (Å²) in [5, 5.41) is 4.84. The Kier molecular flexibility index (Phi) is 5.43. The summed E-state index contributed by atoms with van der Waals surface area (Å²) >= 11 is 3.45. The van der Waals surface area contributed by atoms with Crippen LogP contribution in [0.4, 0.5) is 0 Å². The molecule has 0 unspecified atom stereocenters. The van der Waals surface area contributed by atoms with Crippen LogP contribution in [0.1, 0.15) is 54.2 Å². The second-order valence-electron chi connectivity index (χ2n) is 8.27. The van der Waals surface area contributed by atoms with E-state index in [1.165, 1.54) is 6.42 Å². The van der Waals surface area contributed by atoms with Gasteiger partial charge in [0.05, 0.1) is 35.6 Å². The summed E-state index contributed by atoms with van der Waals surface area (Å²) in [6.07, 6.45) is 5.58. The lowest BCUT2D eigenvalue weighted by Gasteiger charge is -2.38. The molecule has 162 valence electrons. The Morgan fingerprint density at radius 2 is 1.90 bits per heavy atom. The fraction of sp³-hybridized carbons (Fsp3) is 0.524. The number of halogens is 1. The Morgan fingerprint density at radius 1 is 1.17 bits per heavy atom. The summed E-state index contributed by atoms with van der Waals surface area (Å²) < 4.78 is 30.2. The molecule has 2 N–H and O–H groups in total. The molecule has 3 heterocycles. The smallest absolute Gasteiger partial charge is 0.274 e. The largest absolute Gasteiger partial charge is 0.378 e. The van der Waals surface area contributed by atoms with E-state index >= 15 is 0 Å². The van der Waals surface area contributed by atoms with Crippen molar-refractivity contribution < 1.29 is 18.6 Å². The van der Waals surface area contributed by atoms with E-state index in [0.29, 0.717) is 42.5 Å². The number of hydrogen-bond donors (Lipinski definition) is 2. The van der Waals surface area contributed by atoms with Crippen molar-refractivity contribution in [3.63, 3.8) is 0 Å². The lowest BCUT2D eigenvalue weighted by Crippen LogP contribution is -2.41. The minimum Gasteiger partial charge on any atom is -0.378 e. The van der Waals surface area contributed by atoms with Crippen molar-refractivity contribution in [2.45, 2.75) is 48.8 Å². The molecule has 0 atom stereocenters. The van der Waals surface area contributed by atoms with E-state index < -0.39 is 10.6 Å². The van der Waals surface area contributed by atoms with Crippen molar-refractivity contribution in [3.8, 4) is 11.3 Å². The molecule has 1 amide bonds. The van der Waals surface area contributed by atoms with Gasteiger partial charge in [-0.1, -0.05) is 35.2 Å². The molecule has 9 heteroatoms. The molecule has 1 aliphatic carbocycles.